The van der Waals surface area contributed by atoms with Crippen molar-refractivity contribution in [2.45, 2.75) is 44.2 Å². The van der Waals surface area contributed by atoms with Gasteiger partial charge in [0, 0.05) is 17.9 Å². The van der Waals surface area contributed by atoms with E-state index >= 15 is 0 Å². The molecule has 3 unspecified atom stereocenters. The van der Waals surface area contributed by atoms with Crippen molar-refractivity contribution in [1.29, 1.82) is 0 Å². The zero-order valence-electron chi connectivity index (χ0n) is 14.4. The van der Waals surface area contributed by atoms with Crippen LogP contribution in [0.4, 0.5) is 5.69 Å². The van der Waals surface area contributed by atoms with Crippen molar-refractivity contribution >= 4 is 5.69 Å². The molecule has 3 heterocycles. The monoisotopic (exact) mass is 323 g/mol. The lowest BCUT2D eigenvalue weighted by Gasteiger charge is -2.38. The first-order valence-corrected chi connectivity index (χ1v) is 8.87. The first-order valence-electron chi connectivity index (χ1n) is 8.87. The summed E-state index contributed by atoms with van der Waals surface area (Å²) in [7, 11) is 0. The third-order valence-electron chi connectivity index (χ3n) is 5.82. The molecule has 0 bridgehead atoms. The molecule has 4 nitrogen and oxygen atoms in total. The maximum absolute atomic E-state index is 6.44. The van der Waals surface area contributed by atoms with E-state index in [1.54, 1.807) is 6.20 Å². The van der Waals surface area contributed by atoms with Gasteiger partial charge in [0.1, 0.15) is 6.10 Å². The maximum Gasteiger partial charge on any atom is 0.220 e. The fourth-order valence-electron chi connectivity index (χ4n) is 4.59. The normalized spacial score (nSPS) is 29.4. The summed E-state index contributed by atoms with van der Waals surface area (Å²) in [5.74, 6) is 0.703. The van der Waals surface area contributed by atoms with Crippen LogP contribution in [0.25, 0.3) is 0 Å². The minimum Gasteiger partial charge on any atom is -0.471 e. The summed E-state index contributed by atoms with van der Waals surface area (Å²) < 4.78 is 6.44. The first-order chi connectivity index (χ1) is 11.7. The van der Waals surface area contributed by atoms with Crippen molar-refractivity contribution in [3.8, 4) is 5.88 Å². The highest BCUT2D eigenvalue weighted by atomic mass is 16.5. The van der Waals surface area contributed by atoms with Crippen molar-refractivity contribution in [1.82, 2.24) is 9.88 Å². The molecule has 2 aromatic rings. The molecule has 0 amide bonds. The Hall–Kier alpha value is -2.07. The third kappa shape index (κ3) is 2.13. The molecule has 1 fully saturated rings. The van der Waals surface area contributed by atoms with Crippen LogP contribution < -0.4 is 10.5 Å². The number of hydrogen-bond donors (Lipinski definition) is 1. The van der Waals surface area contributed by atoms with E-state index in [0.29, 0.717) is 11.9 Å². The van der Waals surface area contributed by atoms with Gasteiger partial charge < -0.3 is 10.5 Å². The molecule has 24 heavy (non-hydrogen) atoms. The van der Waals surface area contributed by atoms with E-state index in [4.69, 9.17) is 10.5 Å². The Kier molecular flexibility index (Phi) is 3.72. The number of anilines is 1. The van der Waals surface area contributed by atoms with Crippen LogP contribution in [-0.4, -0.2) is 35.1 Å². The smallest absolute Gasteiger partial charge is 0.220 e. The number of nitrogen functional groups attached to an aromatic ring is 1. The number of aromatic nitrogens is 1. The van der Waals surface area contributed by atoms with Crippen molar-refractivity contribution in [2.24, 2.45) is 0 Å². The number of likely N-dealkylation sites (tertiary alicyclic amines) is 1. The van der Waals surface area contributed by atoms with Crippen LogP contribution in [-0.2, 0) is 5.41 Å². The van der Waals surface area contributed by atoms with Crippen LogP contribution in [0.2, 0.25) is 0 Å². The molecule has 4 heteroatoms. The second-order valence-corrected chi connectivity index (χ2v) is 7.03. The van der Waals surface area contributed by atoms with Crippen LogP contribution in [0, 0.1) is 0 Å². The van der Waals surface area contributed by atoms with E-state index in [9.17, 15) is 0 Å². The van der Waals surface area contributed by atoms with Crippen LogP contribution in [0.15, 0.2) is 42.6 Å². The van der Waals surface area contributed by atoms with Gasteiger partial charge >= 0.3 is 0 Å². The van der Waals surface area contributed by atoms with Gasteiger partial charge in [-0.05, 0) is 44.5 Å². The van der Waals surface area contributed by atoms with Gasteiger partial charge in [-0.1, -0.05) is 37.3 Å². The zero-order valence-corrected chi connectivity index (χ0v) is 14.4. The molecule has 0 spiro atoms. The fraction of sp³-hybridized carbons (Fsp3) is 0.450. The number of fused-ring (bicyclic) bond motifs is 1. The molecule has 0 saturated carbocycles. The summed E-state index contributed by atoms with van der Waals surface area (Å²) in [6.07, 6.45) is 4.17. The summed E-state index contributed by atoms with van der Waals surface area (Å²) in [6, 6.07) is 12.9. The molecule has 2 N–H and O–H groups in total. The SMILES string of the molecule is CCN1CCCC1C1Oc2nccc(N)c2C1(C)c1ccccc1. The van der Waals surface area contributed by atoms with Crippen molar-refractivity contribution in [3.05, 3.63) is 53.7 Å². The van der Waals surface area contributed by atoms with E-state index in [0.717, 1.165) is 30.8 Å². The van der Waals surface area contributed by atoms with E-state index in [-0.39, 0.29) is 11.5 Å². The molecule has 1 aromatic heterocycles. The van der Waals surface area contributed by atoms with E-state index in [1.807, 2.05) is 6.07 Å². The predicted octanol–water partition coefficient (Wildman–Crippen LogP) is 3.22. The Morgan fingerprint density at radius 1 is 1.29 bits per heavy atom. The number of rotatable bonds is 3. The minimum absolute atomic E-state index is 0.0366. The lowest BCUT2D eigenvalue weighted by molar-refractivity contribution is 0.0737. The molecule has 2 aliphatic rings. The number of ether oxygens (including phenoxy) is 1. The molecule has 0 radical (unpaired) electrons. The molecule has 0 aliphatic carbocycles. The zero-order chi connectivity index (χ0) is 16.7. The number of hydrogen-bond acceptors (Lipinski definition) is 4. The Morgan fingerprint density at radius 3 is 2.83 bits per heavy atom. The second-order valence-electron chi connectivity index (χ2n) is 7.03. The second kappa shape index (κ2) is 5.78. The number of likely N-dealkylation sites (N-methyl/N-ethyl adjacent to an activating group) is 1. The topological polar surface area (TPSA) is 51.4 Å². The van der Waals surface area contributed by atoms with Gasteiger partial charge in [0.25, 0.3) is 0 Å². The molecular formula is C20H25N3O. The Labute approximate surface area is 143 Å². The Balaban J connectivity index is 1.87. The van der Waals surface area contributed by atoms with E-state index in [1.165, 1.54) is 12.0 Å². The lowest BCUT2D eigenvalue weighted by Crippen LogP contribution is -2.50. The van der Waals surface area contributed by atoms with Crippen LogP contribution in [0.1, 0.15) is 37.8 Å². The summed E-state index contributed by atoms with van der Waals surface area (Å²) in [5, 5.41) is 0. The third-order valence-corrected chi connectivity index (χ3v) is 5.82. The largest absolute Gasteiger partial charge is 0.471 e. The van der Waals surface area contributed by atoms with Gasteiger partial charge in [0.2, 0.25) is 5.88 Å². The molecule has 2 aliphatic heterocycles. The number of benzene rings is 1. The number of pyridine rings is 1. The quantitative estimate of drug-likeness (QED) is 0.942. The highest BCUT2D eigenvalue weighted by Gasteiger charge is 2.53. The number of nitrogens with two attached hydrogens (primary N) is 1. The van der Waals surface area contributed by atoms with Crippen molar-refractivity contribution in [3.63, 3.8) is 0 Å². The lowest BCUT2D eigenvalue weighted by atomic mass is 9.70. The summed E-state index contributed by atoms with van der Waals surface area (Å²) >= 11 is 0. The van der Waals surface area contributed by atoms with Crippen LogP contribution in [0.5, 0.6) is 5.88 Å². The van der Waals surface area contributed by atoms with Gasteiger partial charge in [-0.3, -0.25) is 4.90 Å². The van der Waals surface area contributed by atoms with Crippen molar-refractivity contribution < 1.29 is 4.74 Å². The molecule has 1 saturated heterocycles. The average Bonchev–Trinajstić information content (AvgIpc) is 3.19. The van der Waals surface area contributed by atoms with Gasteiger partial charge in [-0.2, -0.15) is 0 Å². The Morgan fingerprint density at radius 2 is 2.08 bits per heavy atom. The fourth-order valence-corrected chi connectivity index (χ4v) is 4.59. The van der Waals surface area contributed by atoms with Crippen LogP contribution in [0.3, 0.4) is 0 Å². The maximum atomic E-state index is 6.44. The summed E-state index contributed by atoms with van der Waals surface area (Å²) in [6.45, 7) is 6.69. The molecule has 1 aromatic carbocycles. The standard InChI is InChI=1S/C20H25N3O/c1-3-23-13-7-10-16(23)18-20(2,14-8-5-4-6-9-14)17-15(21)11-12-22-19(17)24-18/h4-6,8-9,11-12,16,18H,3,7,10,13H2,1-2H3,(H2,21,22). The predicted molar refractivity (Wildman–Crippen MR) is 96.2 cm³/mol. The highest BCUT2D eigenvalue weighted by Crippen LogP contribution is 2.51. The van der Waals surface area contributed by atoms with Gasteiger partial charge in [0.05, 0.1) is 11.0 Å². The Bertz CT molecular complexity index is 733. The average molecular weight is 323 g/mol. The molecular weight excluding hydrogens is 298 g/mol. The number of nitrogens with zero attached hydrogens (tertiary/aromatic N) is 2. The van der Waals surface area contributed by atoms with Crippen LogP contribution >= 0.6 is 0 Å². The van der Waals surface area contributed by atoms with E-state index in [2.05, 4.69) is 54.1 Å². The van der Waals surface area contributed by atoms with E-state index < -0.39 is 0 Å². The summed E-state index contributed by atoms with van der Waals surface area (Å²) in [5.41, 5.74) is 9.16. The minimum atomic E-state index is -0.280. The van der Waals surface area contributed by atoms with Gasteiger partial charge in [-0.15, -0.1) is 0 Å². The van der Waals surface area contributed by atoms with Gasteiger partial charge in [0.15, 0.2) is 0 Å². The van der Waals surface area contributed by atoms with Crippen molar-refractivity contribution in [2.75, 3.05) is 18.8 Å². The highest BCUT2D eigenvalue weighted by molar-refractivity contribution is 5.62. The summed E-state index contributed by atoms with van der Waals surface area (Å²) in [4.78, 5) is 7.03. The van der Waals surface area contributed by atoms with Gasteiger partial charge in [-0.25, -0.2) is 4.98 Å². The first kappa shape index (κ1) is 15.5. The molecule has 126 valence electrons. The molecule has 4 rings (SSSR count). The molecule has 3 atom stereocenters.